The Morgan fingerprint density at radius 2 is 2.23 bits per heavy atom. The highest BCUT2D eigenvalue weighted by atomic mass is 32.2. The van der Waals surface area contributed by atoms with Crippen LogP contribution in [0, 0.1) is 6.92 Å². The van der Waals surface area contributed by atoms with Crippen LogP contribution in [0.5, 0.6) is 0 Å². The summed E-state index contributed by atoms with van der Waals surface area (Å²) in [5.41, 5.74) is 7.71. The van der Waals surface area contributed by atoms with Crippen molar-refractivity contribution in [2.75, 3.05) is 25.2 Å². The molecule has 0 aliphatic carbocycles. The van der Waals surface area contributed by atoms with Crippen molar-refractivity contribution in [1.82, 2.24) is 0 Å². The van der Waals surface area contributed by atoms with Crippen LogP contribution in [0.25, 0.3) is 0 Å². The molecule has 0 saturated carbocycles. The average Bonchev–Trinajstić information content (AvgIpc) is 2.09. The van der Waals surface area contributed by atoms with Crippen molar-refractivity contribution in [2.24, 2.45) is 0 Å². The van der Waals surface area contributed by atoms with Crippen molar-refractivity contribution >= 4 is 17.4 Å². The molecule has 0 unspecified atom stereocenters. The molecule has 1 aromatic rings. The van der Waals surface area contributed by atoms with E-state index in [0.717, 1.165) is 18.0 Å². The topological polar surface area (TPSA) is 35.2 Å². The van der Waals surface area contributed by atoms with E-state index < -0.39 is 0 Å². The highest BCUT2D eigenvalue weighted by Gasteiger charge is 1.98. The normalized spacial score (nSPS) is 10.3. The zero-order chi connectivity index (χ0) is 9.68. The fourth-order valence-electron chi connectivity index (χ4n) is 1.07. The molecular weight excluding hydrogens is 182 g/mol. The molecule has 0 spiro atoms. The van der Waals surface area contributed by atoms with E-state index in [4.69, 9.17) is 10.5 Å². The molecule has 0 saturated heterocycles. The van der Waals surface area contributed by atoms with Gasteiger partial charge in [-0.15, -0.1) is 11.8 Å². The van der Waals surface area contributed by atoms with Crippen molar-refractivity contribution in [3.8, 4) is 0 Å². The number of hydrogen-bond acceptors (Lipinski definition) is 3. The second-order valence-electron chi connectivity index (χ2n) is 2.87. The van der Waals surface area contributed by atoms with Gasteiger partial charge in [-0.3, -0.25) is 0 Å². The monoisotopic (exact) mass is 197 g/mol. The SMILES string of the molecule is COCCSc1ccc(N)cc1C. The van der Waals surface area contributed by atoms with Gasteiger partial charge in [0.25, 0.3) is 0 Å². The summed E-state index contributed by atoms with van der Waals surface area (Å²) in [6, 6.07) is 5.99. The van der Waals surface area contributed by atoms with E-state index in [2.05, 4.69) is 13.0 Å². The number of benzene rings is 1. The van der Waals surface area contributed by atoms with Gasteiger partial charge in [-0.25, -0.2) is 0 Å². The number of anilines is 1. The smallest absolute Gasteiger partial charge is 0.0556 e. The Bertz CT molecular complexity index is 276. The molecule has 1 aromatic carbocycles. The van der Waals surface area contributed by atoms with Crippen molar-refractivity contribution < 1.29 is 4.74 Å². The summed E-state index contributed by atoms with van der Waals surface area (Å²) in [6.45, 7) is 2.86. The third kappa shape index (κ3) is 3.28. The van der Waals surface area contributed by atoms with E-state index >= 15 is 0 Å². The van der Waals surface area contributed by atoms with Gasteiger partial charge in [-0.2, -0.15) is 0 Å². The summed E-state index contributed by atoms with van der Waals surface area (Å²) in [4.78, 5) is 1.28. The predicted octanol–water partition coefficient (Wildman–Crippen LogP) is 2.32. The van der Waals surface area contributed by atoms with Crippen LogP contribution in [0.3, 0.4) is 0 Å². The van der Waals surface area contributed by atoms with Crippen LogP contribution in [-0.2, 0) is 4.74 Å². The van der Waals surface area contributed by atoms with E-state index in [0.29, 0.717) is 0 Å². The molecule has 0 aliphatic rings. The zero-order valence-electron chi connectivity index (χ0n) is 8.04. The number of nitrogens with two attached hydrogens (primary N) is 1. The van der Waals surface area contributed by atoms with Crippen LogP contribution < -0.4 is 5.73 Å². The largest absolute Gasteiger partial charge is 0.399 e. The Hall–Kier alpha value is -0.670. The second-order valence-corrected chi connectivity index (χ2v) is 4.00. The lowest BCUT2D eigenvalue weighted by Gasteiger charge is -2.05. The first-order valence-corrected chi connectivity index (χ1v) is 5.20. The Morgan fingerprint density at radius 3 is 2.85 bits per heavy atom. The quantitative estimate of drug-likeness (QED) is 0.457. The maximum atomic E-state index is 5.65. The third-order valence-electron chi connectivity index (χ3n) is 1.74. The molecule has 13 heavy (non-hydrogen) atoms. The fraction of sp³-hybridized carbons (Fsp3) is 0.400. The summed E-state index contributed by atoms with van der Waals surface area (Å²) in [6.07, 6.45) is 0. The number of nitrogen functional groups attached to an aromatic ring is 1. The first-order chi connectivity index (χ1) is 6.24. The Kier molecular flexibility index (Phi) is 4.12. The zero-order valence-corrected chi connectivity index (χ0v) is 8.86. The van der Waals surface area contributed by atoms with Crippen LogP contribution in [0.4, 0.5) is 5.69 Å². The first-order valence-electron chi connectivity index (χ1n) is 4.22. The molecular formula is C10H15NOS. The molecule has 0 bridgehead atoms. The summed E-state index contributed by atoms with van der Waals surface area (Å²) in [7, 11) is 1.72. The van der Waals surface area contributed by atoms with Gasteiger partial charge in [0.15, 0.2) is 0 Å². The molecule has 72 valence electrons. The van der Waals surface area contributed by atoms with Crippen LogP contribution in [0.2, 0.25) is 0 Å². The summed E-state index contributed by atoms with van der Waals surface area (Å²) < 4.78 is 4.98. The molecule has 0 heterocycles. The maximum absolute atomic E-state index is 5.65. The van der Waals surface area contributed by atoms with Crippen molar-refractivity contribution in [3.63, 3.8) is 0 Å². The third-order valence-corrected chi connectivity index (χ3v) is 2.88. The number of rotatable bonds is 4. The van der Waals surface area contributed by atoms with Gasteiger partial charge in [0, 0.05) is 23.4 Å². The summed E-state index contributed by atoms with van der Waals surface area (Å²) in [5, 5.41) is 0. The van der Waals surface area contributed by atoms with Gasteiger partial charge in [-0.05, 0) is 30.7 Å². The van der Waals surface area contributed by atoms with Gasteiger partial charge >= 0.3 is 0 Å². The summed E-state index contributed by atoms with van der Waals surface area (Å²) >= 11 is 1.80. The van der Waals surface area contributed by atoms with Gasteiger partial charge in [-0.1, -0.05) is 0 Å². The van der Waals surface area contributed by atoms with E-state index in [1.807, 2.05) is 12.1 Å². The van der Waals surface area contributed by atoms with Crippen molar-refractivity contribution in [3.05, 3.63) is 23.8 Å². The van der Waals surface area contributed by atoms with Crippen LogP contribution in [-0.4, -0.2) is 19.5 Å². The van der Waals surface area contributed by atoms with E-state index in [-0.39, 0.29) is 0 Å². The van der Waals surface area contributed by atoms with Crippen LogP contribution >= 0.6 is 11.8 Å². The summed E-state index contributed by atoms with van der Waals surface area (Å²) in [5.74, 6) is 0.987. The number of hydrogen-bond donors (Lipinski definition) is 1. The standard InChI is InChI=1S/C10H15NOS/c1-8-7-9(11)3-4-10(8)13-6-5-12-2/h3-4,7H,5-6,11H2,1-2H3. The Labute approximate surface area is 83.5 Å². The van der Waals surface area contributed by atoms with Crippen molar-refractivity contribution in [2.45, 2.75) is 11.8 Å². The number of thioether (sulfide) groups is 1. The molecule has 2 N–H and O–H groups in total. The van der Waals surface area contributed by atoms with Crippen molar-refractivity contribution in [1.29, 1.82) is 0 Å². The molecule has 0 radical (unpaired) electrons. The number of aryl methyl sites for hydroxylation is 1. The average molecular weight is 197 g/mol. The second kappa shape index (κ2) is 5.14. The molecule has 1 rings (SSSR count). The lowest BCUT2D eigenvalue weighted by molar-refractivity contribution is 0.218. The van der Waals surface area contributed by atoms with Crippen LogP contribution in [0.1, 0.15) is 5.56 Å². The minimum absolute atomic E-state index is 0.786. The van der Waals surface area contributed by atoms with E-state index in [9.17, 15) is 0 Å². The Balaban J connectivity index is 2.56. The number of ether oxygens (including phenoxy) is 1. The van der Waals surface area contributed by atoms with Gasteiger partial charge in [0.1, 0.15) is 0 Å². The molecule has 2 nitrogen and oxygen atoms in total. The van der Waals surface area contributed by atoms with Crippen LogP contribution in [0.15, 0.2) is 23.1 Å². The fourth-order valence-corrected chi connectivity index (χ4v) is 1.99. The highest BCUT2D eigenvalue weighted by molar-refractivity contribution is 7.99. The molecule has 0 aromatic heterocycles. The van der Waals surface area contributed by atoms with E-state index in [1.54, 1.807) is 18.9 Å². The first kappa shape index (κ1) is 10.4. The minimum atomic E-state index is 0.786. The number of methoxy groups -OCH3 is 1. The lowest BCUT2D eigenvalue weighted by Crippen LogP contribution is -1.93. The van der Waals surface area contributed by atoms with Gasteiger partial charge in [0.2, 0.25) is 0 Å². The lowest BCUT2D eigenvalue weighted by atomic mass is 10.2. The molecule has 0 atom stereocenters. The predicted molar refractivity (Wildman–Crippen MR) is 58.2 cm³/mol. The molecule has 0 fully saturated rings. The minimum Gasteiger partial charge on any atom is -0.399 e. The molecule has 3 heteroatoms. The highest BCUT2D eigenvalue weighted by Crippen LogP contribution is 2.23. The Morgan fingerprint density at radius 1 is 1.46 bits per heavy atom. The maximum Gasteiger partial charge on any atom is 0.0556 e. The van der Waals surface area contributed by atoms with Gasteiger partial charge in [0.05, 0.1) is 6.61 Å². The molecule has 0 amide bonds. The van der Waals surface area contributed by atoms with Gasteiger partial charge < -0.3 is 10.5 Å². The molecule has 0 aliphatic heterocycles. The van der Waals surface area contributed by atoms with E-state index in [1.165, 1.54) is 10.5 Å².